The smallest absolute Gasteiger partial charge is 0.268 e. The van der Waals surface area contributed by atoms with Crippen LogP contribution in [0.3, 0.4) is 0 Å². The number of rotatable bonds is 4. The number of nitrogens with zero attached hydrogens (tertiary/aromatic N) is 1. The zero-order valence-electron chi connectivity index (χ0n) is 15.5. The molecule has 0 radical (unpaired) electrons. The van der Waals surface area contributed by atoms with E-state index in [0.717, 1.165) is 11.1 Å². The predicted octanol–water partition coefficient (Wildman–Crippen LogP) is 4.11. The molecule has 0 fully saturated rings. The van der Waals surface area contributed by atoms with Crippen LogP contribution in [-0.4, -0.2) is 24.5 Å². The third kappa shape index (κ3) is 3.47. The second-order valence-electron chi connectivity index (χ2n) is 6.61. The van der Waals surface area contributed by atoms with Crippen LogP contribution in [0.5, 0.6) is 5.75 Å². The highest BCUT2D eigenvalue weighted by Gasteiger charge is 2.32. The minimum atomic E-state index is -0.626. The molecule has 5 nitrogen and oxygen atoms in total. The van der Waals surface area contributed by atoms with Crippen LogP contribution in [-0.2, 0) is 9.59 Å². The van der Waals surface area contributed by atoms with Crippen molar-refractivity contribution in [3.8, 4) is 16.9 Å². The van der Waals surface area contributed by atoms with E-state index in [9.17, 15) is 9.59 Å². The number of fused-ring (bicyclic) bond motifs is 1. The number of anilines is 2. The van der Waals surface area contributed by atoms with Gasteiger partial charge in [0.25, 0.3) is 5.91 Å². The first kappa shape index (κ1) is 17.8. The molecule has 3 aromatic carbocycles. The van der Waals surface area contributed by atoms with Crippen molar-refractivity contribution in [2.75, 3.05) is 16.8 Å². The van der Waals surface area contributed by atoms with Crippen LogP contribution in [0, 0.1) is 0 Å². The first-order valence-electron chi connectivity index (χ1n) is 9.15. The summed E-state index contributed by atoms with van der Waals surface area (Å²) in [6, 6.07) is 24.7. The maximum absolute atomic E-state index is 12.8. The maximum Gasteiger partial charge on any atom is 0.268 e. The SMILES string of the molecule is C[C@H]1Oc2ccccc2N(CC(=O)Nc2ccccc2-c2ccccc2)C1=O. The summed E-state index contributed by atoms with van der Waals surface area (Å²) in [5.74, 6) is 0.109. The highest BCUT2D eigenvalue weighted by Crippen LogP contribution is 2.33. The van der Waals surface area contributed by atoms with E-state index in [2.05, 4.69) is 5.32 Å². The van der Waals surface area contributed by atoms with Gasteiger partial charge in [-0.15, -0.1) is 0 Å². The first-order valence-corrected chi connectivity index (χ1v) is 9.15. The van der Waals surface area contributed by atoms with Crippen molar-refractivity contribution >= 4 is 23.2 Å². The minimum Gasteiger partial charge on any atom is -0.479 e. The minimum absolute atomic E-state index is 0.0767. The molecule has 1 aliphatic rings. The van der Waals surface area contributed by atoms with Gasteiger partial charge in [-0.3, -0.25) is 14.5 Å². The molecule has 140 valence electrons. The fourth-order valence-corrected chi connectivity index (χ4v) is 3.32. The summed E-state index contributed by atoms with van der Waals surface area (Å²) in [4.78, 5) is 26.8. The Morgan fingerprint density at radius 2 is 1.64 bits per heavy atom. The molecule has 28 heavy (non-hydrogen) atoms. The van der Waals surface area contributed by atoms with E-state index in [1.165, 1.54) is 4.90 Å². The van der Waals surface area contributed by atoms with Gasteiger partial charge in [-0.1, -0.05) is 60.7 Å². The van der Waals surface area contributed by atoms with Gasteiger partial charge in [0.15, 0.2) is 6.10 Å². The standard InChI is InChI=1S/C23H20N2O3/c1-16-23(27)25(20-13-7-8-14-21(20)28-16)15-22(26)24-19-12-6-5-11-18(19)17-9-3-2-4-10-17/h2-14,16H,15H2,1H3,(H,24,26)/t16-/m1/s1. The van der Waals surface area contributed by atoms with Crippen LogP contribution in [0.2, 0.25) is 0 Å². The molecule has 0 bridgehead atoms. The van der Waals surface area contributed by atoms with Crippen molar-refractivity contribution < 1.29 is 14.3 Å². The van der Waals surface area contributed by atoms with E-state index >= 15 is 0 Å². The summed E-state index contributed by atoms with van der Waals surface area (Å²) < 4.78 is 5.63. The van der Waals surface area contributed by atoms with Gasteiger partial charge in [0.2, 0.25) is 5.91 Å². The van der Waals surface area contributed by atoms with Crippen molar-refractivity contribution in [1.29, 1.82) is 0 Å². The first-order chi connectivity index (χ1) is 13.6. The van der Waals surface area contributed by atoms with Crippen molar-refractivity contribution in [3.63, 3.8) is 0 Å². The molecule has 5 heteroatoms. The van der Waals surface area contributed by atoms with E-state index in [-0.39, 0.29) is 18.4 Å². The number of benzene rings is 3. The number of amides is 2. The van der Waals surface area contributed by atoms with Crippen molar-refractivity contribution in [2.24, 2.45) is 0 Å². The molecule has 0 unspecified atom stereocenters. The number of ether oxygens (including phenoxy) is 1. The van der Waals surface area contributed by atoms with Gasteiger partial charge in [0.05, 0.1) is 5.69 Å². The largest absolute Gasteiger partial charge is 0.479 e. The molecule has 1 heterocycles. The lowest BCUT2D eigenvalue weighted by atomic mass is 10.0. The van der Waals surface area contributed by atoms with Crippen LogP contribution in [0.15, 0.2) is 78.9 Å². The van der Waals surface area contributed by atoms with Gasteiger partial charge in [-0.05, 0) is 30.7 Å². The number of hydrogen-bond acceptors (Lipinski definition) is 3. The normalized spacial score (nSPS) is 15.5. The molecule has 0 aliphatic carbocycles. The molecule has 0 saturated carbocycles. The molecule has 1 atom stereocenters. The van der Waals surface area contributed by atoms with E-state index < -0.39 is 6.10 Å². The lowest BCUT2D eigenvalue weighted by Gasteiger charge is -2.32. The number of carbonyl (C=O) groups is 2. The van der Waals surface area contributed by atoms with E-state index in [0.29, 0.717) is 17.1 Å². The Balaban J connectivity index is 1.57. The number of para-hydroxylation sites is 3. The van der Waals surface area contributed by atoms with Crippen LogP contribution >= 0.6 is 0 Å². The van der Waals surface area contributed by atoms with E-state index in [1.807, 2.05) is 66.7 Å². The lowest BCUT2D eigenvalue weighted by Crippen LogP contribution is -2.47. The average Bonchev–Trinajstić information content (AvgIpc) is 2.72. The van der Waals surface area contributed by atoms with Crippen LogP contribution in [0.4, 0.5) is 11.4 Å². The van der Waals surface area contributed by atoms with Gasteiger partial charge in [0.1, 0.15) is 12.3 Å². The summed E-state index contributed by atoms with van der Waals surface area (Å²) >= 11 is 0. The Morgan fingerprint density at radius 3 is 2.46 bits per heavy atom. The number of nitrogens with one attached hydrogen (secondary N) is 1. The van der Waals surface area contributed by atoms with Gasteiger partial charge in [0, 0.05) is 11.3 Å². The van der Waals surface area contributed by atoms with Gasteiger partial charge in [-0.25, -0.2) is 0 Å². The van der Waals surface area contributed by atoms with Crippen molar-refractivity contribution in [1.82, 2.24) is 0 Å². The van der Waals surface area contributed by atoms with Gasteiger partial charge >= 0.3 is 0 Å². The van der Waals surface area contributed by atoms with Gasteiger partial charge in [-0.2, -0.15) is 0 Å². The highest BCUT2D eigenvalue weighted by atomic mass is 16.5. The van der Waals surface area contributed by atoms with Gasteiger partial charge < -0.3 is 10.1 Å². The average molecular weight is 372 g/mol. The third-order valence-corrected chi connectivity index (χ3v) is 4.66. The molecule has 3 aromatic rings. The number of hydrogen-bond donors (Lipinski definition) is 1. The second-order valence-corrected chi connectivity index (χ2v) is 6.61. The molecular formula is C23H20N2O3. The zero-order chi connectivity index (χ0) is 19.5. The Morgan fingerprint density at radius 1 is 0.964 bits per heavy atom. The van der Waals surface area contributed by atoms with Crippen LogP contribution in [0.1, 0.15) is 6.92 Å². The quantitative estimate of drug-likeness (QED) is 0.750. The summed E-state index contributed by atoms with van der Waals surface area (Å²) in [5.41, 5.74) is 3.26. The summed E-state index contributed by atoms with van der Waals surface area (Å²) in [6.45, 7) is 1.61. The summed E-state index contributed by atoms with van der Waals surface area (Å²) in [7, 11) is 0. The molecule has 1 N–H and O–H groups in total. The lowest BCUT2D eigenvalue weighted by molar-refractivity contribution is -0.127. The molecule has 1 aliphatic heterocycles. The fraction of sp³-hybridized carbons (Fsp3) is 0.130. The van der Waals surface area contributed by atoms with Crippen molar-refractivity contribution in [2.45, 2.75) is 13.0 Å². The molecule has 2 amide bonds. The molecule has 0 aromatic heterocycles. The predicted molar refractivity (Wildman–Crippen MR) is 109 cm³/mol. The van der Waals surface area contributed by atoms with E-state index in [1.54, 1.807) is 19.1 Å². The second kappa shape index (κ2) is 7.56. The molecule has 0 saturated heterocycles. The highest BCUT2D eigenvalue weighted by molar-refractivity contribution is 6.06. The zero-order valence-corrected chi connectivity index (χ0v) is 15.5. The van der Waals surface area contributed by atoms with Crippen LogP contribution in [0.25, 0.3) is 11.1 Å². The molecule has 4 rings (SSSR count). The summed E-state index contributed by atoms with van der Waals surface area (Å²) in [6.07, 6.45) is -0.626. The van der Waals surface area contributed by atoms with Crippen molar-refractivity contribution in [3.05, 3.63) is 78.9 Å². The summed E-state index contributed by atoms with van der Waals surface area (Å²) in [5, 5.41) is 2.95. The Labute approximate surface area is 163 Å². The monoisotopic (exact) mass is 372 g/mol. The van der Waals surface area contributed by atoms with E-state index in [4.69, 9.17) is 4.74 Å². The topological polar surface area (TPSA) is 58.6 Å². The van der Waals surface area contributed by atoms with Crippen LogP contribution < -0.4 is 15.0 Å². The molecule has 0 spiro atoms. The fourth-order valence-electron chi connectivity index (χ4n) is 3.32. The maximum atomic E-state index is 12.8. The Bertz CT molecular complexity index is 1020. The Hall–Kier alpha value is -3.60. The third-order valence-electron chi connectivity index (χ3n) is 4.66. The Kier molecular flexibility index (Phi) is 4.81. The molecular weight excluding hydrogens is 352 g/mol. The number of carbonyl (C=O) groups excluding carboxylic acids is 2.